The summed E-state index contributed by atoms with van der Waals surface area (Å²) < 4.78 is 5.94. The molecular weight excluding hydrogens is 398 g/mol. The minimum absolute atomic E-state index is 0.0746. The smallest absolute Gasteiger partial charge is 0.297 e. The molecule has 0 saturated carbocycles. The number of carbonyl (C=O) groups is 1. The van der Waals surface area contributed by atoms with Crippen LogP contribution in [0.4, 0.5) is 5.13 Å². The molecule has 4 aromatic rings. The number of anilines is 1. The van der Waals surface area contributed by atoms with E-state index in [-0.39, 0.29) is 23.0 Å². The molecule has 1 unspecified atom stereocenters. The predicted molar refractivity (Wildman–Crippen MR) is 116 cm³/mol. The summed E-state index contributed by atoms with van der Waals surface area (Å²) >= 11 is 1.36. The molecule has 2 aromatic carbocycles. The molecule has 0 spiro atoms. The first-order valence-corrected chi connectivity index (χ1v) is 10.6. The number of amides is 1. The van der Waals surface area contributed by atoms with E-state index >= 15 is 0 Å². The van der Waals surface area contributed by atoms with E-state index < -0.39 is 6.04 Å². The summed E-state index contributed by atoms with van der Waals surface area (Å²) in [6.45, 7) is 6.05. The van der Waals surface area contributed by atoms with Gasteiger partial charge in [-0.1, -0.05) is 67.1 Å². The standard InChI is InChI=1S/C23H19N3O3S/c1-12(2)21-24-25-23(30-21)26-18(14-10-8-13(3)9-11-14)17-19(27)15-6-4-5-7-16(15)29-20(17)22(26)28/h4-12,18H,1-3H3. The van der Waals surface area contributed by atoms with Crippen LogP contribution in [0.3, 0.4) is 0 Å². The van der Waals surface area contributed by atoms with E-state index in [0.717, 1.165) is 16.1 Å². The molecule has 1 atom stereocenters. The summed E-state index contributed by atoms with van der Waals surface area (Å²) in [4.78, 5) is 28.4. The van der Waals surface area contributed by atoms with Crippen LogP contribution in [0.1, 0.15) is 58.1 Å². The fourth-order valence-corrected chi connectivity index (χ4v) is 4.61. The maximum Gasteiger partial charge on any atom is 0.297 e. The Labute approximate surface area is 176 Å². The number of aryl methyl sites for hydroxylation is 1. The molecule has 0 fully saturated rings. The lowest BCUT2D eigenvalue weighted by atomic mass is 9.98. The third kappa shape index (κ3) is 2.77. The second kappa shape index (κ2) is 6.88. The van der Waals surface area contributed by atoms with Crippen LogP contribution in [0, 0.1) is 6.92 Å². The van der Waals surface area contributed by atoms with Gasteiger partial charge in [0.25, 0.3) is 5.91 Å². The largest absolute Gasteiger partial charge is 0.450 e. The Morgan fingerprint density at radius 3 is 2.47 bits per heavy atom. The molecule has 1 amide bonds. The summed E-state index contributed by atoms with van der Waals surface area (Å²) in [5, 5.41) is 10.3. The third-order valence-corrected chi connectivity index (χ3v) is 6.52. The Bertz CT molecular complexity index is 1340. The zero-order chi connectivity index (χ0) is 21.0. The van der Waals surface area contributed by atoms with Crippen LogP contribution in [0.15, 0.2) is 57.7 Å². The van der Waals surface area contributed by atoms with Crippen molar-refractivity contribution in [2.45, 2.75) is 32.7 Å². The maximum absolute atomic E-state index is 13.5. The summed E-state index contributed by atoms with van der Waals surface area (Å²) in [7, 11) is 0. The van der Waals surface area contributed by atoms with E-state index in [1.54, 1.807) is 29.2 Å². The van der Waals surface area contributed by atoms with Crippen molar-refractivity contribution in [1.82, 2.24) is 10.2 Å². The molecule has 7 heteroatoms. The Kier molecular flexibility index (Phi) is 4.29. The molecule has 1 aliphatic rings. The van der Waals surface area contributed by atoms with Gasteiger partial charge in [0.2, 0.25) is 10.9 Å². The number of hydrogen-bond acceptors (Lipinski definition) is 6. The maximum atomic E-state index is 13.5. The minimum Gasteiger partial charge on any atom is -0.450 e. The number of benzene rings is 2. The molecule has 6 nitrogen and oxygen atoms in total. The molecule has 0 radical (unpaired) electrons. The monoisotopic (exact) mass is 417 g/mol. The molecule has 30 heavy (non-hydrogen) atoms. The summed E-state index contributed by atoms with van der Waals surface area (Å²) in [5.74, 6) is -0.105. The Hall–Kier alpha value is -3.32. The van der Waals surface area contributed by atoms with Crippen LogP contribution in [-0.2, 0) is 0 Å². The number of para-hydroxylation sites is 1. The highest BCUT2D eigenvalue weighted by Gasteiger charge is 2.45. The third-order valence-electron chi connectivity index (χ3n) is 5.30. The zero-order valence-corrected chi connectivity index (χ0v) is 17.6. The predicted octanol–water partition coefficient (Wildman–Crippen LogP) is 4.83. The topological polar surface area (TPSA) is 76.3 Å². The second-order valence-electron chi connectivity index (χ2n) is 7.74. The summed E-state index contributed by atoms with van der Waals surface area (Å²) in [5.41, 5.74) is 2.49. The van der Waals surface area contributed by atoms with Crippen LogP contribution in [0.5, 0.6) is 0 Å². The number of aromatic nitrogens is 2. The van der Waals surface area contributed by atoms with Gasteiger partial charge in [0, 0.05) is 5.92 Å². The van der Waals surface area contributed by atoms with E-state index in [1.165, 1.54) is 11.3 Å². The van der Waals surface area contributed by atoms with Gasteiger partial charge < -0.3 is 4.42 Å². The minimum atomic E-state index is -0.609. The zero-order valence-electron chi connectivity index (χ0n) is 16.7. The summed E-state index contributed by atoms with van der Waals surface area (Å²) in [6, 6.07) is 14.2. The summed E-state index contributed by atoms with van der Waals surface area (Å²) in [6.07, 6.45) is 0. The number of nitrogens with zero attached hydrogens (tertiary/aromatic N) is 3. The van der Waals surface area contributed by atoms with Crippen molar-refractivity contribution in [3.63, 3.8) is 0 Å². The normalized spacial score (nSPS) is 15.9. The van der Waals surface area contributed by atoms with E-state index in [2.05, 4.69) is 10.2 Å². The van der Waals surface area contributed by atoms with Crippen LogP contribution < -0.4 is 10.3 Å². The van der Waals surface area contributed by atoms with Gasteiger partial charge in [-0.15, -0.1) is 10.2 Å². The molecule has 0 aliphatic carbocycles. The van der Waals surface area contributed by atoms with Gasteiger partial charge in [-0.2, -0.15) is 0 Å². The van der Waals surface area contributed by atoms with E-state index in [9.17, 15) is 9.59 Å². The van der Waals surface area contributed by atoms with Crippen LogP contribution in [-0.4, -0.2) is 16.1 Å². The fourth-order valence-electron chi connectivity index (χ4n) is 3.74. The van der Waals surface area contributed by atoms with Crippen molar-refractivity contribution in [1.29, 1.82) is 0 Å². The number of carbonyl (C=O) groups excluding carboxylic acids is 1. The van der Waals surface area contributed by atoms with Crippen molar-refractivity contribution >= 4 is 33.3 Å². The molecule has 5 rings (SSSR count). The lowest BCUT2D eigenvalue weighted by Crippen LogP contribution is -2.29. The first-order valence-electron chi connectivity index (χ1n) is 9.75. The quantitative estimate of drug-likeness (QED) is 0.477. The fraction of sp³-hybridized carbons (Fsp3) is 0.217. The molecule has 0 N–H and O–H groups in total. The highest BCUT2D eigenvalue weighted by molar-refractivity contribution is 7.15. The van der Waals surface area contributed by atoms with E-state index in [1.807, 2.05) is 45.0 Å². The molecule has 3 heterocycles. The molecule has 150 valence electrons. The Morgan fingerprint density at radius 1 is 1.03 bits per heavy atom. The number of rotatable bonds is 3. The van der Waals surface area contributed by atoms with Gasteiger partial charge in [-0.3, -0.25) is 14.5 Å². The van der Waals surface area contributed by atoms with Crippen LogP contribution in [0.25, 0.3) is 11.0 Å². The van der Waals surface area contributed by atoms with Crippen LogP contribution >= 0.6 is 11.3 Å². The average Bonchev–Trinajstić information content (AvgIpc) is 3.33. The van der Waals surface area contributed by atoms with E-state index in [4.69, 9.17) is 4.42 Å². The van der Waals surface area contributed by atoms with Gasteiger partial charge in [0.1, 0.15) is 10.6 Å². The van der Waals surface area contributed by atoms with Gasteiger partial charge in [-0.05, 0) is 24.6 Å². The van der Waals surface area contributed by atoms with Crippen molar-refractivity contribution in [2.24, 2.45) is 0 Å². The SMILES string of the molecule is Cc1ccc(C2c3c(oc4ccccc4c3=O)C(=O)N2c2nnc(C(C)C)s2)cc1. The van der Waals surface area contributed by atoms with Crippen molar-refractivity contribution in [3.8, 4) is 0 Å². The van der Waals surface area contributed by atoms with Crippen molar-refractivity contribution in [3.05, 3.63) is 86.2 Å². The van der Waals surface area contributed by atoms with Gasteiger partial charge in [0.05, 0.1) is 17.0 Å². The molecular formula is C23H19N3O3S. The van der Waals surface area contributed by atoms with Crippen LogP contribution in [0.2, 0.25) is 0 Å². The van der Waals surface area contributed by atoms with Gasteiger partial charge in [-0.25, -0.2) is 0 Å². The first kappa shape index (κ1) is 18.7. The second-order valence-corrected chi connectivity index (χ2v) is 8.72. The molecule has 2 aromatic heterocycles. The molecule has 0 bridgehead atoms. The van der Waals surface area contributed by atoms with Gasteiger partial charge >= 0.3 is 0 Å². The number of fused-ring (bicyclic) bond motifs is 2. The highest BCUT2D eigenvalue weighted by Crippen LogP contribution is 2.42. The highest BCUT2D eigenvalue weighted by atomic mass is 32.1. The Morgan fingerprint density at radius 2 is 1.77 bits per heavy atom. The molecule has 0 saturated heterocycles. The lowest BCUT2D eigenvalue weighted by Gasteiger charge is -2.22. The Balaban J connectivity index is 1.78. The first-order chi connectivity index (χ1) is 14.5. The lowest BCUT2D eigenvalue weighted by molar-refractivity contribution is 0.0970. The van der Waals surface area contributed by atoms with E-state index in [0.29, 0.717) is 21.7 Å². The average molecular weight is 417 g/mol. The molecule has 1 aliphatic heterocycles. The van der Waals surface area contributed by atoms with Crippen molar-refractivity contribution in [2.75, 3.05) is 4.90 Å². The number of hydrogen-bond donors (Lipinski definition) is 0. The van der Waals surface area contributed by atoms with Crippen molar-refractivity contribution < 1.29 is 9.21 Å². The van der Waals surface area contributed by atoms with Gasteiger partial charge in [0.15, 0.2) is 5.43 Å².